The second-order valence-electron chi connectivity index (χ2n) is 6.08. The molecule has 0 unspecified atom stereocenters. The van der Waals surface area contributed by atoms with Crippen molar-refractivity contribution >= 4 is 8.32 Å². The van der Waals surface area contributed by atoms with Crippen LogP contribution in [0.1, 0.15) is 12.8 Å². The molecule has 3 heteroatoms. The molecule has 0 aromatic heterocycles. The Hall–Kier alpha value is -0.123. The molecule has 0 radical (unpaired) electrons. The Balaban J connectivity index is 1.62. The van der Waals surface area contributed by atoms with E-state index in [2.05, 4.69) is 25.7 Å². The Morgan fingerprint density at radius 3 is 3.00 bits per heavy atom. The molecule has 2 nitrogen and oxygen atoms in total. The van der Waals surface area contributed by atoms with E-state index >= 15 is 0 Å². The lowest BCUT2D eigenvalue weighted by atomic mass is 9.94. The topological polar surface area (TPSA) is 21.8 Å². The molecule has 3 rings (SSSR count). The van der Waals surface area contributed by atoms with E-state index in [0.717, 1.165) is 12.5 Å². The van der Waals surface area contributed by atoms with Gasteiger partial charge in [-0.2, -0.15) is 0 Å². The van der Waals surface area contributed by atoms with Crippen molar-refractivity contribution in [3.05, 3.63) is 11.6 Å². The SMILES string of the molecule is C[Si](C)(C)OCC1=CC[C@H]2C[C@@H]3O[C@@H]3[C@@H]12. The molecule has 15 heavy (non-hydrogen) atoms. The summed E-state index contributed by atoms with van der Waals surface area (Å²) >= 11 is 0. The smallest absolute Gasteiger partial charge is 0.184 e. The maximum absolute atomic E-state index is 6.00. The van der Waals surface area contributed by atoms with E-state index in [4.69, 9.17) is 9.16 Å². The lowest BCUT2D eigenvalue weighted by Gasteiger charge is -2.21. The number of epoxide rings is 1. The van der Waals surface area contributed by atoms with Crippen LogP contribution in [0.15, 0.2) is 11.6 Å². The standard InChI is InChI=1S/C12H20O2Si/c1-15(2,3)13-7-9-5-4-8-6-10-12(14-10)11(8)9/h5,8,10-12H,4,6-7H2,1-3H3/t8-,10-,11+,12-/m0/s1. The molecule has 0 aromatic carbocycles. The third kappa shape index (κ3) is 1.81. The monoisotopic (exact) mass is 224 g/mol. The van der Waals surface area contributed by atoms with Crippen molar-refractivity contribution < 1.29 is 9.16 Å². The number of hydrogen-bond donors (Lipinski definition) is 0. The molecule has 1 heterocycles. The van der Waals surface area contributed by atoms with Gasteiger partial charge >= 0.3 is 0 Å². The minimum atomic E-state index is -1.36. The Kier molecular flexibility index (Phi) is 2.14. The summed E-state index contributed by atoms with van der Waals surface area (Å²) in [5, 5.41) is 0. The van der Waals surface area contributed by atoms with Gasteiger partial charge < -0.3 is 9.16 Å². The third-order valence-corrected chi connectivity index (χ3v) is 4.81. The fraction of sp³-hybridized carbons (Fsp3) is 0.833. The molecule has 0 amide bonds. The summed E-state index contributed by atoms with van der Waals surface area (Å²) in [6.45, 7) is 7.63. The van der Waals surface area contributed by atoms with Gasteiger partial charge in [-0.15, -0.1) is 0 Å². The van der Waals surface area contributed by atoms with Crippen molar-refractivity contribution in [3.8, 4) is 0 Å². The number of hydrogen-bond acceptors (Lipinski definition) is 2. The minimum Gasteiger partial charge on any atom is -0.414 e. The predicted octanol–water partition coefficient (Wildman–Crippen LogP) is 2.57. The average Bonchev–Trinajstić information content (AvgIpc) is 2.62. The van der Waals surface area contributed by atoms with Gasteiger partial charge in [-0.05, 0) is 44.0 Å². The van der Waals surface area contributed by atoms with Gasteiger partial charge in [0.2, 0.25) is 0 Å². The summed E-state index contributed by atoms with van der Waals surface area (Å²) in [5.74, 6) is 1.60. The van der Waals surface area contributed by atoms with E-state index in [1.54, 1.807) is 0 Å². The average molecular weight is 224 g/mol. The van der Waals surface area contributed by atoms with E-state index in [9.17, 15) is 0 Å². The number of ether oxygens (including phenoxy) is 1. The van der Waals surface area contributed by atoms with Crippen LogP contribution in [-0.2, 0) is 9.16 Å². The molecule has 0 bridgehead atoms. The molecule has 0 N–H and O–H groups in total. The molecule has 0 aromatic rings. The molecule has 2 fully saturated rings. The Morgan fingerprint density at radius 2 is 2.27 bits per heavy atom. The maximum Gasteiger partial charge on any atom is 0.184 e. The zero-order valence-corrected chi connectivity index (χ0v) is 10.8. The summed E-state index contributed by atoms with van der Waals surface area (Å²) < 4.78 is 11.6. The fourth-order valence-corrected chi connectivity index (χ4v) is 3.63. The summed E-state index contributed by atoms with van der Waals surface area (Å²) in [4.78, 5) is 0. The van der Waals surface area contributed by atoms with Crippen LogP contribution in [0.3, 0.4) is 0 Å². The van der Waals surface area contributed by atoms with Crippen LogP contribution in [-0.4, -0.2) is 27.1 Å². The zero-order chi connectivity index (χ0) is 10.6. The van der Waals surface area contributed by atoms with Crippen LogP contribution >= 0.6 is 0 Å². The van der Waals surface area contributed by atoms with E-state index in [1.807, 2.05) is 0 Å². The van der Waals surface area contributed by atoms with Gasteiger partial charge in [0.15, 0.2) is 8.32 Å². The van der Waals surface area contributed by atoms with Crippen molar-refractivity contribution in [1.29, 1.82) is 0 Å². The lowest BCUT2D eigenvalue weighted by molar-refractivity contribution is 0.223. The summed E-state index contributed by atoms with van der Waals surface area (Å²) in [7, 11) is -1.36. The lowest BCUT2D eigenvalue weighted by Crippen LogP contribution is -2.28. The first-order valence-electron chi connectivity index (χ1n) is 6.03. The first-order valence-corrected chi connectivity index (χ1v) is 9.44. The van der Waals surface area contributed by atoms with Crippen LogP contribution < -0.4 is 0 Å². The molecule has 1 saturated heterocycles. The largest absolute Gasteiger partial charge is 0.414 e. The quantitative estimate of drug-likeness (QED) is 0.417. The second-order valence-corrected chi connectivity index (χ2v) is 10.6. The Labute approximate surface area is 92.8 Å². The predicted molar refractivity (Wildman–Crippen MR) is 62.3 cm³/mol. The normalized spacial score (nSPS) is 42.5. The molecule has 1 saturated carbocycles. The molecule has 3 aliphatic rings. The van der Waals surface area contributed by atoms with Crippen LogP contribution in [0.2, 0.25) is 19.6 Å². The molecule has 84 valence electrons. The molecule has 4 atom stereocenters. The van der Waals surface area contributed by atoms with Gasteiger partial charge in [0.1, 0.15) is 0 Å². The molecule has 0 spiro atoms. The van der Waals surface area contributed by atoms with E-state index < -0.39 is 8.32 Å². The van der Waals surface area contributed by atoms with Crippen LogP contribution in [0.5, 0.6) is 0 Å². The highest BCUT2D eigenvalue weighted by Gasteiger charge is 2.57. The molecular weight excluding hydrogens is 204 g/mol. The first-order chi connectivity index (χ1) is 7.04. The van der Waals surface area contributed by atoms with Gasteiger partial charge in [-0.25, -0.2) is 0 Å². The van der Waals surface area contributed by atoms with E-state index in [-0.39, 0.29) is 0 Å². The van der Waals surface area contributed by atoms with Gasteiger partial charge in [-0.3, -0.25) is 0 Å². The summed E-state index contributed by atoms with van der Waals surface area (Å²) in [6.07, 6.45) is 6.14. The van der Waals surface area contributed by atoms with Crippen molar-refractivity contribution in [3.63, 3.8) is 0 Å². The maximum atomic E-state index is 6.00. The summed E-state index contributed by atoms with van der Waals surface area (Å²) in [5.41, 5.74) is 1.53. The van der Waals surface area contributed by atoms with Crippen molar-refractivity contribution in [1.82, 2.24) is 0 Å². The van der Waals surface area contributed by atoms with E-state index in [1.165, 1.54) is 18.4 Å². The number of rotatable bonds is 3. The number of fused-ring (bicyclic) bond motifs is 3. The van der Waals surface area contributed by atoms with Gasteiger partial charge in [-0.1, -0.05) is 6.08 Å². The van der Waals surface area contributed by atoms with Crippen LogP contribution in [0.4, 0.5) is 0 Å². The third-order valence-electron chi connectivity index (χ3n) is 3.80. The first kappa shape index (κ1) is 10.1. The van der Waals surface area contributed by atoms with Gasteiger partial charge in [0.25, 0.3) is 0 Å². The highest BCUT2D eigenvalue weighted by atomic mass is 28.4. The second kappa shape index (κ2) is 3.19. The molecule has 1 aliphatic heterocycles. The Bertz CT molecular complexity index is 305. The van der Waals surface area contributed by atoms with E-state index in [0.29, 0.717) is 18.1 Å². The highest BCUT2D eigenvalue weighted by molar-refractivity contribution is 6.69. The van der Waals surface area contributed by atoms with Crippen LogP contribution in [0.25, 0.3) is 0 Å². The van der Waals surface area contributed by atoms with Crippen molar-refractivity contribution in [2.45, 2.75) is 44.7 Å². The zero-order valence-electron chi connectivity index (χ0n) is 9.82. The van der Waals surface area contributed by atoms with Crippen LogP contribution in [0, 0.1) is 11.8 Å². The van der Waals surface area contributed by atoms with Gasteiger partial charge in [0.05, 0.1) is 18.8 Å². The van der Waals surface area contributed by atoms with Gasteiger partial charge in [0, 0.05) is 5.92 Å². The molecular formula is C12H20O2Si. The fourth-order valence-electron chi connectivity index (χ4n) is 3.03. The van der Waals surface area contributed by atoms with Crippen molar-refractivity contribution in [2.75, 3.05) is 6.61 Å². The van der Waals surface area contributed by atoms with Crippen molar-refractivity contribution in [2.24, 2.45) is 11.8 Å². The highest BCUT2D eigenvalue weighted by Crippen LogP contribution is 2.54. The molecule has 2 aliphatic carbocycles. The number of allylic oxidation sites excluding steroid dienone is 1. The minimum absolute atomic E-state index is 0.564. The summed E-state index contributed by atoms with van der Waals surface area (Å²) in [6, 6.07) is 0. The Morgan fingerprint density at radius 1 is 1.47 bits per heavy atom.